The monoisotopic (exact) mass is 465 g/mol. The van der Waals surface area contributed by atoms with Gasteiger partial charge in [0.25, 0.3) is 0 Å². The second kappa shape index (κ2) is 11.5. The van der Waals surface area contributed by atoms with E-state index in [1.54, 1.807) is 24.3 Å². The van der Waals surface area contributed by atoms with Crippen LogP contribution in [0.2, 0.25) is 0 Å². The predicted octanol–water partition coefficient (Wildman–Crippen LogP) is 2.70. The molecular formula is C20H23N3O8S. The maximum atomic E-state index is 12.8. The molecule has 2 rings (SSSR count). The lowest BCUT2D eigenvalue weighted by atomic mass is 9.97. The molecule has 1 aliphatic rings. The van der Waals surface area contributed by atoms with E-state index in [0.29, 0.717) is 17.3 Å². The molecule has 3 unspecified atom stereocenters. The third-order valence-corrected chi connectivity index (χ3v) is 5.43. The molecule has 0 bridgehead atoms. The van der Waals surface area contributed by atoms with Gasteiger partial charge in [0.15, 0.2) is 0 Å². The molecule has 0 spiro atoms. The van der Waals surface area contributed by atoms with Gasteiger partial charge in [0.05, 0.1) is 0 Å². The van der Waals surface area contributed by atoms with E-state index in [9.17, 15) is 19.2 Å². The van der Waals surface area contributed by atoms with Crippen LogP contribution in [-0.2, 0) is 33.3 Å². The lowest BCUT2D eigenvalue weighted by Crippen LogP contribution is -2.59. The van der Waals surface area contributed by atoms with Crippen molar-refractivity contribution in [2.45, 2.75) is 57.5 Å². The summed E-state index contributed by atoms with van der Waals surface area (Å²) in [6, 6.07) is 5.57. The van der Waals surface area contributed by atoms with Crippen LogP contribution in [0.4, 0.5) is 0 Å². The highest BCUT2D eigenvalue weighted by Crippen LogP contribution is 2.35. The maximum Gasteiger partial charge on any atom is 0.303 e. The minimum absolute atomic E-state index is 0.340. The first kappa shape index (κ1) is 25.2. The minimum Gasteiger partial charge on any atom is -0.463 e. The number of carbonyl (C=O) groups is 4. The Kier molecular flexibility index (Phi) is 9.06. The van der Waals surface area contributed by atoms with Crippen LogP contribution >= 0.6 is 11.8 Å². The Balaban J connectivity index is 2.41. The minimum atomic E-state index is -1.25. The molecule has 1 saturated heterocycles. The molecule has 0 radical (unpaired) electrons. The van der Waals surface area contributed by atoms with Crippen molar-refractivity contribution >= 4 is 34.8 Å². The van der Waals surface area contributed by atoms with Crippen LogP contribution in [0.15, 0.2) is 29.4 Å². The van der Waals surface area contributed by atoms with E-state index >= 15 is 0 Å². The summed E-state index contributed by atoms with van der Waals surface area (Å²) in [5.41, 5.74) is 9.29. The first-order valence-corrected chi connectivity index (χ1v) is 10.5. The Morgan fingerprint density at radius 1 is 1.03 bits per heavy atom. The van der Waals surface area contributed by atoms with E-state index in [4.69, 9.17) is 24.5 Å². The highest BCUT2D eigenvalue weighted by Gasteiger charge is 2.50. The average Bonchev–Trinajstić information content (AvgIpc) is 2.70. The number of aryl methyl sites for hydroxylation is 1. The summed E-state index contributed by atoms with van der Waals surface area (Å²) in [6.45, 7) is 5.00. The summed E-state index contributed by atoms with van der Waals surface area (Å²) < 4.78 is 21.4. The van der Waals surface area contributed by atoms with Crippen molar-refractivity contribution in [3.63, 3.8) is 0 Å². The van der Waals surface area contributed by atoms with Gasteiger partial charge in [-0.25, -0.2) is 0 Å². The van der Waals surface area contributed by atoms with Crippen LogP contribution in [0.1, 0.15) is 36.7 Å². The number of hydrogen-bond acceptors (Lipinski definition) is 10. The zero-order valence-electron chi connectivity index (χ0n) is 17.9. The topological polar surface area (TPSA) is 154 Å². The number of thioether (sulfide) groups is 1. The normalized spacial score (nSPS) is 24.6. The van der Waals surface area contributed by atoms with E-state index in [0.717, 1.165) is 19.4 Å². The number of benzene rings is 1. The molecule has 0 saturated carbocycles. The Bertz CT molecular complexity index is 916. The van der Waals surface area contributed by atoms with E-state index in [1.165, 1.54) is 6.92 Å². The third-order valence-electron chi connectivity index (χ3n) is 4.37. The number of rotatable bonds is 7. The number of azide groups is 1. The Hall–Kier alpha value is -3.08. The van der Waals surface area contributed by atoms with Crippen LogP contribution in [0.25, 0.3) is 10.4 Å². The molecule has 1 fully saturated rings. The highest BCUT2D eigenvalue weighted by molar-refractivity contribution is 8.14. The summed E-state index contributed by atoms with van der Waals surface area (Å²) in [6.07, 6.45) is -3.55. The van der Waals surface area contributed by atoms with Gasteiger partial charge in [0.2, 0.25) is 5.12 Å². The first-order chi connectivity index (χ1) is 15.1. The zero-order chi connectivity index (χ0) is 23.8. The highest BCUT2D eigenvalue weighted by atomic mass is 32.2. The molecule has 1 aliphatic heterocycles. The maximum absolute atomic E-state index is 12.8. The smallest absolute Gasteiger partial charge is 0.303 e. The van der Waals surface area contributed by atoms with Gasteiger partial charge in [-0.05, 0) is 24.2 Å². The molecule has 1 aromatic rings. The largest absolute Gasteiger partial charge is 0.463 e. The SMILES string of the molecule is CC(=O)OCC1O[C@@H](SC(=O)c2ccc(C)cc2)C(OC(C)=O)C(N=[N+]=[N-])[C@H]1OC(C)=O. The van der Waals surface area contributed by atoms with Crippen molar-refractivity contribution in [2.75, 3.05) is 6.61 Å². The van der Waals surface area contributed by atoms with Gasteiger partial charge < -0.3 is 18.9 Å². The summed E-state index contributed by atoms with van der Waals surface area (Å²) >= 11 is 0.715. The molecule has 32 heavy (non-hydrogen) atoms. The summed E-state index contributed by atoms with van der Waals surface area (Å²) in [5.74, 6) is -2.05. The molecule has 5 atom stereocenters. The van der Waals surface area contributed by atoms with Crippen LogP contribution in [0, 0.1) is 6.92 Å². The number of nitrogens with zero attached hydrogens (tertiary/aromatic N) is 3. The third kappa shape index (κ3) is 6.98. The fourth-order valence-electron chi connectivity index (χ4n) is 3.03. The van der Waals surface area contributed by atoms with Crippen LogP contribution in [0.5, 0.6) is 0 Å². The van der Waals surface area contributed by atoms with Crippen molar-refractivity contribution < 1.29 is 38.1 Å². The quantitative estimate of drug-likeness (QED) is 0.194. The van der Waals surface area contributed by atoms with Gasteiger partial charge in [-0.3, -0.25) is 19.2 Å². The Morgan fingerprint density at radius 3 is 2.16 bits per heavy atom. The second-order valence-corrected chi connectivity index (χ2v) is 8.03. The molecule has 0 N–H and O–H groups in total. The molecule has 1 heterocycles. The molecule has 12 heteroatoms. The van der Waals surface area contributed by atoms with E-state index < -0.39 is 47.7 Å². The van der Waals surface area contributed by atoms with Gasteiger partial charge in [0, 0.05) is 31.2 Å². The molecule has 1 aromatic carbocycles. The molecular weight excluding hydrogens is 442 g/mol. The fraction of sp³-hybridized carbons (Fsp3) is 0.500. The lowest BCUT2D eigenvalue weighted by Gasteiger charge is -2.43. The van der Waals surface area contributed by atoms with Crippen molar-refractivity contribution in [3.8, 4) is 0 Å². The van der Waals surface area contributed by atoms with E-state index in [1.807, 2.05) is 6.92 Å². The first-order valence-electron chi connectivity index (χ1n) is 9.57. The van der Waals surface area contributed by atoms with Crippen LogP contribution in [-0.4, -0.2) is 59.4 Å². The standard InChI is InChI=1S/C20H23N3O8S/c1-10-5-7-14(8-6-10)19(27)32-20-18(30-13(4)26)16(22-23-21)17(29-12(3)25)15(31-20)9-28-11(2)24/h5-8,15-18,20H,9H2,1-4H3/t15?,16?,17-,18?,20-/m0/s1. The summed E-state index contributed by atoms with van der Waals surface area (Å²) in [7, 11) is 0. The molecule has 0 aromatic heterocycles. The Labute approximate surface area is 188 Å². The van der Waals surface area contributed by atoms with Gasteiger partial charge in [-0.2, -0.15) is 0 Å². The molecule has 0 aliphatic carbocycles. The average molecular weight is 465 g/mol. The molecule has 11 nitrogen and oxygen atoms in total. The summed E-state index contributed by atoms with van der Waals surface area (Å²) in [4.78, 5) is 50.3. The van der Waals surface area contributed by atoms with Crippen LogP contribution in [0.3, 0.4) is 0 Å². The van der Waals surface area contributed by atoms with Crippen molar-refractivity contribution in [1.29, 1.82) is 0 Å². The lowest BCUT2D eigenvalue weighted by molar-refractivity contribution is -0.200. The van der Waals surface area contributed by atoms with E-state index in [2.05, 4.69) is 10.0 Å². The second-order valence-electron chi connectivity index (χ2n) is 6.96. The summed E-state index contributed by atoms with van der Waals surface area (Å²) in [5, 5.41) is 3.27. The predicted molar refractivity (Wildman–Crippen MR) is 112 cm³/mol. The van der Waals surface area contributed by atoms with Gasteiger partial charge in [-0.15, -0.1) is 0 Å². The van der Waals surface area contributed by atoms with Gasteiger partial charge in [-0.1, -0.05) is 34.9 Å². The molecule has 172 valence electrons. The number of hydrogen-bond donors (Lipinski definition) is 0. The number of esters is 3. The zero-order valence-corrected chi connectivity index (χ0v) is 18.7. The fourth-order valence-corrected chi connectivity index (χ4v) is 4.06. The van der Waals surface area contributed by atoms with Gasteiger partial charge >= 0.3 is 17.9 Å². The Morgan fingerprint density at radius 2 is 1.62 bits per heavy atom. The number of carbonyl (C=O) groups excluding carboxylic acids is 4. The van der Waals surface area contributed by atoms with Crippen molar-refractivity contribution in [1.82, 2.24) is 0 Å². The number of ether oxygens (including phenoxy) is 4. The molecule has 0 amide bonds. The van der Waals surface area contributed by atoms with Crippen molar-refractivity contribution in [2.24, 2.45) is 5.11 Å². The van der Waals surface area contributed by atoms with E-state index in [-0.39, 0.29) is 11.7 Å². The van der Waals surface area contributed by atoms with Gasteiger partial charge in [0.1, 0.15) is 36.4 Å². The van der Waals surface area contributed by atoms with Crippen LogP contribution < -0.4 is 0 Å². The van der Waals surface area contributed by atoms with Crippen molar-refractivity contribution in [3.05, 3.63) is 45.8 Å².